The van der Waals surface area contributed by atoms with Crippen LogP contribution in [0.1, 0.15) is 26.2 Å². The van der Waals surface area contributed by atoms with Gasteiger partial charge in [0, 0.05) is 31.2 Å². The number of benzene rings is 1. The summed E-state index contributed by atoms with van der Waals surface area (Å²) < 4.78 is 33.0. The fraction of sp³-hybridized carbons (Fsp3) is 0.529. The van der Waals surface area contributed by atoms with Gasteiger partial charge < -0.3 is 16.0 Å². The molecule has 7 nitrogen and oxygen atoms in total. The average Bonchev–Trinajstić information content (AvgIpc) is 3.18. The van der Waals surface area contributed by atoms with Crippen molar-refractivity contribution in [2.45, 2.75) is 31.1 Å². The van der Waals surface area contributed by atoms with Crippen molar-refractivity contribution in [3.63, 3.8) is 0 Å². The van der Waals surface area contributed by atoms with Crippen molar-refractivity contribution in [3.8, 4) is 0 Å². The van der Waals surface area contributed by atoms with E-state index in [9.17, 15) is 8.60 Å². The largest absolute Gasteiger partial charge is 0.384 e. The third kappa shape index (κ3) is 7.96. The Hall–Kier alpha value is -1.33. The average molecular weight is 449 g/mol. The van der Waals surface area contributed by atoms with E-state index in [1.165, 1.54) is 18.5 Å². The first kappa shape index (κ1) is 23.0. The summed E-state index contributed by atoms with van der Waals surface area (Å²) in [4.78, 5) is 3.85. The van der Waals surface area contributed by atoms with Crippen LogP contribution in [-0.4, -0.2) is 46.3 Å². The summed E-state index contributed by atoms with van der Waals surface area (Å²) in [6.45, 7) is 6.74. The van der Waals surface area contributed by atoms with Crippen LogP contribution in [-0.2, 0) is 11.0 Å². The lowest BCUT2D eigenvalue weighted by atomic mass is 10.2. The maximum Gasteiger partial charge on any atom is 0.214 e. The standard InChI is InChI=1S/C17H26ClFN6OS2/c1-2-5-20-8-9-21-6-3-4-7-22-15-11-14(19)16(10-13(15)18)28(26)25-17-23-12-24-27-17/h10-12,20-22H,2-9H2,1H3,(H,23,24,25). The zero-order valence-corrected chi connectivity index (χ0v) is 18.2. The highest BCUT2D eigenvalue weighted by Crippen LogP contribution is 2.28. The van der Waals surface area contributed by atoms with E-state index < -0.39 is 16.8 Å². The fourth-order valence-electron chi connectivity index (χ4n) is 2.36. The number of hydrogen-bond acceptors (Lipinski definition) is 7. The molecule has 1 aromatic heterocycles. The van der Waals surface area contributed by atoms with Gasteiger partial charge in [-0.3, -0.25) is 4.72 Å². The summed E-state index contributed by atoms with van der Waals surface area (Å²) in [7, 11) is -1.80. The molecule has 2 rings (SSSR count). The molecule has 156 valence electrons. The van der Waals surface area contributed by atoms with Gasteiger partial charge in [0.25, 0.3) is 0 Å². The van der Waals surface area contributed by atoms with Crippen molar-refractivity contribution in [3.05, 3.63) is 29.3 Å². The molecule has 1 aromatic carbocycles. The molecule has 0 aliphatic heterocycles. The monoisotopic (exact) mass is 448 g/mol. The van der Waals surface area contributed by atoms with Crippen LogP contribution < -0.4 is 20.7 Å². The summed E-state index contributed by atoms with van der Waals surface area (Å²) in [5, 5.41) is 10.5. The number of nitrogens with one attached hydrogen (secondary N) is 4. The molecule has 0 radical (unpaired) electrons. The van der Waals surface area contributed by atoms with E-state index in [-0.39, 0.29) is 4.90 Å². The second-order valence-corrected chi connectivity index (χ2v) is 8.38. The molecular formula is C17H26ClFN6OS2. The Morgan fingerprint density at radius 1 is 1.14 bits per heavy atom. The maximum atomic E-state index is 14.3. The number of halogens is 2. The van der Waals surface area contributed by atoms with Gasteiger partial charge in [-0.15, -0.1) is 0 Å². The van der Waals surface area contributed by atoms with Gasteiger partial charge in [-0.1, -0.05) is 18.5 Å². The van der Waals surface area contributed by atoms with Crippen LogP contribution in [0.15, 0.2) is 23.4 Å². The highest BCUT2D eigenvalue weighted by Gasteiger charge is 2.15. The molecule has 4 N–H and O–H groups in total. The van der Waals surface area contributed by atoms with Gasteiger partial charge in [0.1, 0.15) is 12.1 Å². The van der Waals surface area contributed by atoms with Gasteiger partial charge in [-0.25, -0.2) is 13.6 Å². The molecule has 0 aliphatic carbocycles. The van der Waals surface area contributed by atoms with E-state index in [1.54, 1.807) is 0 Å². The molecule has 1 atom stereocenters. The minimum absolute atomic E-state index is 0.0216. The first-order valence-electron chi connectivity index (χ1n) is 9.21. The second kappa shape index (κ2) is 13.0. The Balaban J connectivity index is 1.71. The van der Waals surface area contributed by atoms with E-state index in [2.05, 4.69) is 37.0 Å². The van der Waals surface area contributed by atoms with E-state index in [0.29, 0.717) is 22.4 Å². The van der Waals surface area contributed by atoms with Crippen LogP contribution in [0.25, 0.3) is 0 Å². The fourth-order valence-corrected chi connectivity index (χ4v) is 4.10. The second-order valence-electron chi connectivity index (χ2n) is 6.01. The lowest BCUT2D eigenvalue weighted by Gasteiger charge is -2.11. The van der Waals surface area contributed by atoms with Gasteiger partial charge in [0.05, 0.1) is 15.6 Å². The quantitative estimate of drug-likeness (QED) is 0.332. The topological polar surface area (TPSA) is 91.0 Å². The normalized spacial score (nSPS) is 12.1. The van der Waals surface area contributed by atoms with Crippen LogP contribution in [0.5, 0.6) is 0 Å². The molecule has 11 heteroatoms. The number of aromatic nitrogens is 2. The molecule has 0 saturated carbocycles. The SMILES string of the molecule is CCCNCCNCCCCNc1cc(F)c(S(=O)Nc2ncns2)cc1Cl. The summed E-state index contributed by atoms with van der Waals surface area (Å²) in [6, 6.07) is 2.64. The van der Waals surface area contributed by atoms with Crippen molar-refractivity contribution in [1.29, 1.82) is 0 Å². The lowest BCUT2D eigenvalue weighted by molar-refractivity contribution is 0.586. The minimum atomic E-state index is -1.80. The zero-order valence-electron chi connectivity index (χ0n) is 15.8. The maximum absolute atomic E-state index is 14.3. The number of rotatable bonds is 14. The zero-order chi connectivity index (χ0) is 20.2. The van der Waals surface area contributed by atoms with Gasteiger partial charge in [-0.2, -0.15) is 4.37 Å². The smallest absolute Gasteiger partial charge is 0.214 e. The molecule has 0 aliphatic rings. The Morgan fingerprint density at radius 3 is 2.61 bits per heavy atom. The molecule has 1 unspecified atom stereocenters. The first-order valence-corrected chi connectivity index (χ1v) is 11.5. The van der Waals surface area contributed by atoms with Gasteiger partial charge in [0.2, 0.25) is 5.13 Å². The molecule has 0 spiro atoms. The molecule has 2 aromatic rings. The van der Waals surface area contributed by atoms with Gasteiger partial charge in [-0.05, 0) is 44.5 Å². The summed E-state index contributed by atoms with van der Waals surface area (Å²) in [6.07, 6.45) is 4.42. The molecule has 1 heterocycles. The molecule has 0 fully saturated rings. The third-order valence-corrected chi connectivity index (χ3v) is 5.88. The first-order chi connectivity index (χ1) is 13.6. The highest BCUT2D eigenvalue weighted by molar-refractivity contribution is 7.86. The van der Waals surface area contributed by atoms with Crippen molar-refractivity contribution in [2.24, 2.45) is 0 Å². The van der Waals surface area contributed by atoms with Crippen LogP contribution in [0, 0.1) is 5.82 Å². The molecule has 0 bridgehead atoms. The lowest BCUT2D eigenvalue weighted by Crippen LogP contribution is -2.28. The van der Waals surface area contributed by atoms with Crippen molar-refractivity contribution in [1.82, 2.24) is 20.0 Å². The molecule has 0 amide bonds. The van der Waals surface area contributed by atoms with E-state index >= 15 is 0 Å². The van der Waals surface area contributed by atoms with E-state index in [4.69, 9.17) is 11.6 Å². The summed E-state index contributed by atoms with van der Waals surface area (Å²) in [5.74, 6) is -0.594. The number of hydrogen-bond donors (Lipinski definition) is 4. The van der Waals surface area contributed by atoms with Gasteiger partial charge >= 0.3 is 0 Å². The van der Waals surface area contributed by atoms with Crippen LogP contribution >= 0.6 is 23.1 Å². The van der Waals surface area contributed by atoms with Crippen LogP contribution in [0.4, 0.5) is 15.2 Å². The Labute approximate surface area is 176 Å². The van der Waals surface area contributed by atoms with Crippen LogP contribution in [0.2, 0.25) is 5.02 Å². The minimum Gasteiger partial charge on any atom is -0.384 e. The number of unbranched alkanes of at least 4 members (excludes halogenated alkanes) is 1. The van der Waals surface area contributed by atoms with E-state index in [1.807, 2.05) is 0 Å². The number of nitrogens with zero attached hydrogens (tertiary/aromatic N) is 2. The Kier molecular flexibility index (Phi) is 10.7. The third-order valence-electron chi connectivity index (χ3n) is 3.76. The molecule has 0 saturated heterocycles. The number of anilines is 2. The Bertz CT molecular complexity index is 735. The summed E-state index contributed by atoms with van der Waals surface area (Å²) in [5.41, 5.74) is 0.493. The molecular weight excluding hydrogens is 423 g/mol. The van der Waals surface area contributed by atoms with Crippen molar-refractivity contribution >= 4 is 44.9 Å². The predicted molar refractivity (Wildman–Crippen MR) is 115 cm³/mol. The van der Waals surface area contributed by atoms with E-state index in [0.717, 1.165) is 57.0 Å². The van der Waals surface area contributed by atoms with Gasteiger partial charge in [0.15, 0.2) is 11.0 Å². The molecule has 28 heavy (non-hydrogen) atoms. The highest BCUT2D eigenvalue weighted by atomic mass is 35.5. The Morgan fingerprint density at radius 2 is 1.89 bits per heavy atom. The predicted octanol–water partition coefficient (Wildman–Crippen LogP) is 3.25. The van der Waals surface area contributed by atoms with Crippen molar-refractivity contribution < 1.29 is 8.60 Å². The van der Waals surface area contributed by atoms with Crippen LogP contribution in [0.3, 0.4) is 0 Å². The van der Waals surface area contributed by atoms with Crippen molar-refractivity contribution in [2.75, 3.05) is 42.8 Å². The summed E-state index contributed by atoms with van der Waals surface area (Å²) >= 11 is 7.26.